The summed E-state index contributed by atoms with van der Waals surface area (Å²) in [6.45, 7) is 0. The molecule has 0 aliphatic carbocycles. The first-order valence-electron chi connectivity index (χ1n) is 7.70. The predicted octanol–water partition coefficient (Wildman–Crippen LogP) is 3.78. The van der Waals surface area contributed by atoms with Crippen LogP contribution in [0.4, 0.5) is 11.4 Å². The van der Waals surface area contributed by atoms with Crippen molar-refractivity contribution in [2.75, 3.05) is 23.1 Å². The molecule has 1 amide bonds. The Bertz CT molecular complexity index is 1020. The van der Waals surface area contributed by atoms with Crippen molar-refractivity contribution >= 4 is 62.1 Å². The second-order valence-electron chi connectivity index (χ2n) is 5.59. The van der Waals surface area contributed by atoms with E-state index in [1.165, 1.54) is 42.1 Å². The zero-order valence-corrected chi connectivity index (χ0v) is 17.9. The Hall–Kier alpha value is -2.12. The van der Waals surface area contributed by atoms with Crippen LogP contribution in [0.5, 0.6) is 0 Å². The quantitative estimate of drug-likeness (QED) is 0.328. The van der Waals surface area contributed by atoms with Crippen LogP contribution in [0.2, 0.25) is 10.0 Å². The Kier molecular flexibility index (Phi) is 7.43. The Balaban J connectivity index is 2.26. The highest BCUT2D eigenvalue weighted by Crippen LogP contribution is 2.31. The minimum Gasteiger partial charge on any atom is -0.356 e. The first-order chi connectivity index (χ1) is 13.2. The number of carbonyl (C=O) groups excluding carboxylic acids is 1. The number of benzene rings is 2. The van der Waals surface area contributed by atoms with Crippen LogP contribution in [0.15, 0.2) is 41.3 Å². The number of nitrogens with zero attached hydrogens (tertiary/aromatic N) is 1. The molecule has 1 unspecified atom stereocenters. The fourth-order valence-corrected chi connectivity index (χ4v) is 3.99. The van der Waals surface area contributed by atoms with Crippen molar-refractivity contribution < 1.29 is 13.2 Å². The SMILES string of the molecule is CSC(NC#N)Nc1cc(Cl)c(C(=O)Nc2cccc(S(C)(=O)=O)c2)c(Cl)c1. The number of thioether (sulfide) groups is 1. The first-order valence-corrected chi connectivity index (χ1v) is 11.6. The highest BCUT2D eigenvalue weighted by atomic mass is 35.5. The number of anilines is 2. The van der Waals surface area contributed by atoms with Gasteiger partial charge >= 0.3 is 0 Å². The fourth-order valence-electron chi connectivity index (χ4n) is 2.24. The summed E-state index contributed by atoms with van der Waals surface area (Å²) in [7, 11) is -3.41. The van der Waals surface area contributed by atoms with Gasteiger partial charge in [-0.05, 0) is 36.6 Å². The maximum atomic E-state index is 12.6. The van der Waals surface area contributed by atoms with Gasteiger partial charge in [0.15, 0.2) is 21.5 Å². The van der Waals surface area contributed by atoms with Crippen LogP contribution in [0.3, 0.4) is 0 Å². The number of nitrogens with one attached hydrogen (secondary N) is 3. The lowest BCUT2D eigenvalue weighted by atomic mass is 10.1. The third kappa shape index (κ3) is 5.69. The predicted molar refractivity (Wildman–Crippen MR) is 114 cm³/mol. The molecule has 0 aliphatic heterocycles. The average Bonchev–Trinajstić information content (AvgIpc) is 2.60. The molecule has 148 valence electrons. The number of halogens is 2. The molecule has 0 bridgehead atoms. The van der Waals surface area contributed by atoms with E-state index in [4.69, 9.17) is 28.5 Å². The van der Waals surface area contributed by atoms with E-state index in [9.17, 15) is 13.2 Å². The molecule has 0 aromatic heterocycles. The van der Waals surface area contributed by atoms with E-state index in [0.717, 1.165) is 6.26 Å². The van der Waals surface area contributed by atoms with Crippen LogP contribution in [-0.4, -0.2) is 32.3 Å². The second kappa shape index (κ2) is 9.39. The number of amides is 1. The zero-order valence-electron chi connectivity index (χ0n) is 14.8. The van der Waals surface area contributed by atoms with Crippen molar-refractivity contribution in [2.45, 2.75) is 10.4 Å². The minimum absolute atomic E-state index is 0.0487. The lowest BCUT2D eigenvalue weighted by Gasteiger charge is -2.17. The van der Waals surface area contributed by atoms with Gasteiger partial charge in [-0.2, -0.15) is 5.26 Å². The van der Waals surface area contributed by atoms with Crippen molar-refractivity contribution in [2.24, 2.45) is 0 Å². The molecular formula is C17H16Cl2N4O3S2. The van der Waals surface area contributed by atoms with Gasteiger partial charge in [0.05, 0.1) is 20.5 Å². The first kappa shape index (κ1) is 22.2. The maximum absolute atomic E-state index is 12.6. The van der Waals surface area contributed by atoms with Crippen LogP contribution in [-0.2, 0) is 9.84 Å². The summed E-state index contributed by atoms with van der Waals surface area (Å²) in [5.41, 5.74) is 0.471. The standard InChI is InChI=1S/C17H16Cl2N4O3S2/c1-27-17(21-9-20)23-11-7-13(18)15(14(19)8-11)16(24)22-10-4-3-5-12(6-10)28(2,25)26/h3-8,17,21,23H,1-2H3,(H,22,24). The van der Waals surface area contributed by atoms with E-state index >= 15 is 0 Å². The van der Waals surface area contributed by atoms with E-state index in [2.05, 4.69) is 16.0 Å². The van der Waals surface area contributed by atoms with Crippen molar-refractivity contribution in [1.29, 1.82) is 5.26 Å². The van der Waals surface area contributed by atoms with Crippen LogP contribution in [0.1, 0.15) is 10.4 Å². The van der Waals surface area contributed by atoms with Crippen LogP contribution in [0.25, 0.3) is 0 Å². The largest absolute Gasteiger partial charge is 0.356 e. The topological polar surface area (TPSA) is 111 Å². The van der Waals surface area contributed by atoms with Gasteiger partial charge in [-0.25, -0.2) is 8.42 Å². The number of hydrogen-bond donors (Lipinski definition) is 3. The van der Waals surface area contributed by atoms with E-state index in [-0.39, 0.29) is 20.5 Å². The molecular weight excluding hydrogens is 443 g/mol. The van der Waals surface area contributed by atoms with Gasteiger partial charge in [0.2, 0.25) is 0 Å². The Morgan fingerprint density at radius 3 is 2.36 bits per heavy atom. The molecule has 7 nitrogen and oxygen atoms in total. The number of sulfone groups is 1. The van der Waals surface area contributed by atoms with Gasteiger partial charge in [-0.3, -0.25) is 10.1 Å². The summed E-state index contributed by atoms with van der Waals surface area (Å²) in [6.07, 6.45) is 4.72. The maximum Gasteiger partial charge on any atom is 0.258 e. The normalized spacial score (nSPS) is 12.0. The third-order valence-corrected chi connectivity index (χ3v) is 5.93. The second-order valence-corrected chi connectivity index (χ2v) is 9.36. The highest BCUT2D eigenvalue weighted by molar-refractivity contribution is 7.99. The van der Waals surface area contributed by atoms with Crippen molar-refractivity contribution in [3.05, 3.63) is 52.0 Å². The van der Waals surface area contributed by atoms with Gasteiger partial charge in [0.1, 0.15) is 0 Å². The van der Waals surface area contributed by atoms with E-state index in [0.29, 0.717) is 11.4 Å². The van der Waals surface area contributed by atoms with Gasteiger partial charge in [-0.15, -0.1) is 11.8 Å². The monoisotopic (exact) mass is 458 g/mol. The molecule has 0 heterocycles. The average molecular weight is 459 g/mol. The van der Waals surface area contributed by atoms with Crippen molar-refractivity contribution in [1.82, 2.24) is 5.32 Å². The molecule has 1 atom stereocenters. The molecule has 0 radical (unpaired) electrons. The molecule has 3 N–H and O–H groups in total. The van der Waals surface area contributed by atoms with Crippen LogP contribution >= 0.6 is 35.0 Å². The summed E-state index contributed by atoms with van der Waals surface area (Å²) in [6, 6.07) is 8.88. The lowest BCUT2D eigenvalue weighted by molar-refractivity contribution is 0.102. The summed E-state index contributed by atoms with van der Waals surface area (Å²) < 4.78 is 23.3. The molecule has 0 fully saturated rings. The molecule has 2 rings (SSSR count). The molecule has 2 aromatic carbocycles. The number of carbonyl (C=O) groups is 1. The summed E-state index contributed by atoms with van der Waals surface area (Å²) in [4.78, 5) is 12.7. The smallest absolute Gasteiger partial charge is 0.258 e. The molecule has 0 saturated carbocycles. The Morgan fingerprint density at radius 1 is 1.18 bits per heavy atom. The summed E-state index contributed by atoms with van der Waals surface area (Å²) in [5, 5.41) is 17.1. The van der Waals surface area contributed by atoms with Crippen molar-refractivity contribution in [3.8, 4) is 6.19 Å². The van der Waals surface area contributed by atoms with Gasteiger partial charge < -0.3 is 10.6 Å². The molecule has 11 heteroatoms. The van der Waals surface area contributed by atoms with E-state index in [1.807, 2.05) is 6.19 Å². The Morgan fingerprint density at radius 2 is 1.82 bits per heavy atom. The van der Waals surface area contributed by atoms with Crippen LogP contribution < -0.4 is 16.0 Å². The van der Waals surface area contributed by atoms with Crippen molar-refractivity contribution in [3.63, 3.8) is 0 Å². The Labute approximate surface area is 177 Å². The summed E-state index contributed by atoms with van der Waals surface area (Å²) in [5.74, 6) is -0.580. The van der Waals surface area contributed by atoms with Gasteiger partial charge in [0, 0.05) is 17.6 Å². The molecule has 0 saturated heterocycles. The van der Waals surface area contributed by atoms with Gasteiger partial charge in [0.25, 0.3) is 5.91 Å². The lowest BCUT2D eigenvalue weighted by Crippen LogP contribution is -2.29. The highest BCUT2D eigenvalue weighted by Gasteiger charge is 2.18. The van der Waals surface area contributed by atoms with E-state index in [1.54, 1.807) is 12.3 Å². The molecule has 0 spiro atoms. The van der Waals surface area contributed by atoms with E-state index < -0.39 is 21.2 Å². The van der Waals surface area contributed by atoms with Gasteiger partial charge in [-0.1, -0.05) is 29.3 Å². The number of hydrogen-bond acceptors (Lipinski definition) is 7. The fraction of sp³-hybridized carbons (Fsp3) is 0.176. The number of rotatable bonds is 7. The zero-order chi connectivity index (χ0) is 20.9. The molecule has 28 heavy (non-hydrogen) atoms. The molecule has 2 aromatic rings. The number of nitriles is 1. The minimum atomic E-state index is -3.41. The summed E-state index contributed by atoms with van der Waals surface area (Å²) >= 11 is 13.8. The third-order valence-electron chi connectivity index (χ3n) is 3.52. The van der Waals surface area contributed by atoms with Crippen LogP contribution in [0, 0.1) is 11.5 Å². The molecule has 0 aliphatic rings.